The molecule has 0 heterocycles. The van der Waals surface area contributed by atoms with Gasteiger partial charge in [-0.3, -0.25) is 5.41 Å². The highest BCUT2D eigenvalue weighted by Crippen LogP contribution is 2.18. The number of nitrogens with two attached hydrogens (primary N) is 1. The van der Waals surface area contributed by atoms with Crippen LogP contribution in [0.3, 0.4) is 0 Å². The van der Waals surface area contributed by atoms with E-state index in [4.69, 9.17) is 30.9 Å². The van der Waals surface area contributed by atoms with Crippen LogP contribution in [0.15, 0.2) is 53.4 Å². The number of carboxylic acid groups (broad SMARTS) is 2. The second kappa shape index (κ2) is 12.2. The van der Waals surface area contributed by atoms with E-state index in [9.17, 15) is 13.2 Å². The van der Waals surface area contributed by atoms with E-state index < -0.39 is 22.1 Å². The van der Waals surface area contributed by atoms with Gasteiger partial charge in [-0.25, -0.2) is 22.7 Å². The zero-order valence-corrected chi connectivity index (χ0v) is 18.2. The van der Waals surface area contributed by atoms with Gasteiger partial charge in [-0.2, -0.15) is 0 Å². The van der Waals surface area contributed by atoms with Crippen LogP contribution in [0, 0.1) is 5.41 Å². The standard InChI is InChI=1S/C18H23N5O4S.CH2O3/c1-23(2)12-11-21-28(25,26)16-9-7-15(8-10-16)27-17(24)13-3-5-14(6-4-13)22-18(19)20;2-1(3)4/h3-10,21H,11-12H2,1-2H3,(H4,19,20,22);(H2,2,3,4). The Morgan fingerprint density at radius 2 is 1.59 bits per heavy atom. The number of guanidine groups is 1. The molecule has 2 aromatic carbocycles. The molecule has 2 rings (SSSR count). The Kier molecular flexibility index (Phi) is 10.1. The summed E-state index contributed by atoms with van der Waals surface area (Å²) in [4.78, 5) is 22.7. The second-order valence-corrected chi connectivity index (χ2v) is 8.23. The van der Waals surface area contributed by atoms with Gasteiger partial charge in [0.2, 0.25) is 10.0 Å². The molecule has 0 amide bonds. The lowest BCUT2D eigenvalue weighted by Gasteiger charge is -2.11. The summed E-state index contributed by atoms with van der Waals surface area (Å²) in [5.74, 6) is -0.571. The van der Waals surface area contributed by atoms with Crippen molar-refractivity contribution in [1.29, 1.82) is 5.41 Å². The molecular weight excluding hydrogens is 442 g/mol. The number of ether oxygens (including phenoxy) is 1. The van der Waals surface area contributed by atoms with Crippen molar-refractivity contribution in [2.75, 3.05) is 32.5 Å². The number of rotatable bonds is 8. The van der Waals surface area contributed by atoms with Crippen LogP contribution in [-0.2, 0) is 10.0 Å². The predicted octanol–water partition coefficient (Wildman–Crippen LogP) is 1.27. The molecule has 13 heteroatoms. The molecule has 0 aliphatic rings. The second-order valence-electron chi connectivity index (χ2n) is 6.46. The predicted molar refractivity (Wildman–Crippen MR) is 118 cm³/mol. The third kappa shape index (κ3) is 9.88. The Bertz CT molecular complexity index is 1020. The molecule has 2 aromatic rings. The zero-order valence-electron chi connectivity index (χ0n) is 17.4. The zero-order chi connectivity index (χ0) is 24.3. The number of hydrogen-bond donors (Lipinski definition) is 6. The Morgan fingerprint density at radius 1 is 1.06 bits per heavy atom. The monoisotopic (exact) mass is 467 g/mol. The van der Waals surface area contributed by atoms with Crippen molar-refractivity contribution in [1.82, 2.24) is 9.62 Å². The minimum Gasteiger partial charge on any atom is -0.450 e. The number of nitrogens with zero attached hydrogens (tertiary/aromatic N) is 1. The number of hydrogen-bond acceptors (Lipinski definition) is 7. The SMILES string of the molecule is CN(C)CCNS(=O)(=O)c1ccc(OC(=O)c2ccc(NC(=N)N)cc2)cc1.O=C(O)O. The number of esters is 1. The van der Waals surface area contributed by atoms with Gasteiger partial charge in [-0.1, -0.05) is 0 Å². The van der Waals surface area contributed by atoms with Gasteiger partial charge in [0.25, 0.3) is 0 Å². The number of anilines is 1. The first-order valence-corrected chi connectivity index (χ1v) is 10.5. The van der Waals surface area contributed by atoms with Crippen LogP contribution in [0.1, 0.15) is 10.4 Å². The van der Waals surface area contributed by atoms with E-state index in [2.05, 4.69) is 10.0 Å². The average Bonchev–Trinajstić information content (AvgIpc) is 2.67. The average molecular weight is 468 g/mol. The summed E-state index contributed by atoms with van der Waals surface area (Å²) in [7, 11) is 0.0843. The molecule has 12 nitrogen and oxygen atoms in total. The van der Waals surface area contributed by atoms with E-state index in [0.717, 1.165) is 0 Å². The molecule has 0 saturated carbocycles. The molecule has 0 saturated heterocycles. The maximum atomic E-state index is 12.2. The molecule has 0 fully saturated rings. The maximum absolute atomic E-state index is 12.2. The van der Waals surface area contributed by atoms with E-state index in [1.165, 1.54) is 36.4 Å². The first-order chi connectivity index (χ1) is 14.9. The first kappa shape index (κ1) is 26.4. The van der Waals surface area contributed by atoms with Gasteiger partial charge in [-0.15, -0.1) is 0 Å². The molecular formula is C19H25N5O7S. The van der Waals surface area contributed by atoms with Crippen LogP contribution >= 0.6 is 0 Å². The highest BCUT2D eigenvalue weighted by molar-refractivity contribution is 7.89. The quantitative estimate of drug-likeness (QED) is 0.142. The summed E-state index contributed by atoms with van der Waals surface area (Å²) in [6.07, 6.45) is -1.83. The minimum atomic E-state index is -3.62. The number of nitrogens with one attached hydrogen (secondary N) is 3. The molecule has 0 spiro atoms. The highest BCUT2D eigenvalue weighted by atomic mass is 32.2. The molecule has 0 aromatic heterocycles. The fraction of sp³-hybridized carbons (Fsp3) is 0.211. The van der Waals surface area contributed by atoms with Crippen molar-refractivity contribution >= 4 is 33.8 Å². The summed E-state index contributed by atoms with van der Waals surface area (Å²) in [6, 6.07) is 11.8. The number of likely N-dealkylation sites (N-methyl/N-ethyl adjacent to an activating group) is 1. The van der Waals surface area contributed by atoms with Crippen molar-refractivity contribution in [2.24, 2.45) is 5.73 Å². The van der Waals surface area contributed by atoms with E-state index in [1.807, 2.05) is 19.0 Å². The lowest BCUT2D eigenvalue weighted by atomic mass is 10.2. The summed E-state index contributed by atoms with van der Waals surface area (Å²) >= 11 is 0. The molecule has 0 bridgehead atoms. The van der Waals surface area contributed by atoms with Crippen molar-refractivity contribution in [3.63, 3.8) is 0 Å². The number of carbonyl (C=O) groups is 2. The number of carbonyl (C=O) groups excluding carboxylic acids is 1. The van der Waals surface area contributed by atoms with Crippen LogP contribution in [0.2, 0.25) is 0 Å². The van der Waals surface area contributed by atoms with Gasteiger partial charge >= 0.3 is 12.1 Å². The topological polar surface area (TPSA) is 195 Å². The highest BCUT2D eigenvalue weighted by Gasteiger charge is 2.14. The van der Waals surface area contributed by atoms with Crippen molar-refractivity contribution < 1.29 is 33.0 Å². The van der Waals surface area contributed by atoms with Crippen molar-refractivity contribution in [3.05, 3.63) is 54.1 Å². The number of benzene rings is 2. The summed E-state index contributed by atoms with van der Waals surface area (Å²) in [6.45, 7) is 0.871. The minimum absolute atomic E-state index is 0.0886. The third-order valence-corrected chi connectivity index (χ3v) is 5.07. The summed E-state index contributed by atoms with van der Waals surface area (Å²) < 4.78 is 32.2. The Labute approximate surface area is 185 Å². The fourth-order valence-electron chi connectivity index (χ4n) is 2.18. The van der Waals surface area contributed by atoms with Crippen LogP contribution in [-0.4, -0.2) is 68.8 Å². The molecule has 0 unspecified atom stereocenters. The van der Waals surface area contributed by atoms with Gasteiger partial charge in [-0.05, 0) is 62.6 Å². The van der Waals surface area contributed by atoms with Crippen LogP contribution < -0.4 is 20.5 Å². The van der Waals surface area contributed by atoms with Crippen LogP contribution in [0.5, 0.6) is 5.75 Å². The van der Waals surface area contributed by atoms with Crippen molar-refractivity contribution in [3.8, 4) is 5.75 Å². The molecule has 0 atom stereocenters. The van der Waals surface area contributed by atoms with Gasteiger partial charge < -0.3 is 30.9 Å². The lowest BCUT2D eigenvalue weighted by molar-refractivity contribution is 0.0734. The Hall–Kier alpha value is -3.68. The summed E-state index contributed by atoms with van der Waals surface area (Å²) in [5, 5.41) is 23.7. The third-order valence-electron chi connectivity index (χ3n) is 3.60. The van der Waals surface area contributed by atoms with E-state index >= 15 is 0 Å². The normalized spacial score (nSPS) is 10.6. The molecule has 0 aliphatic heterocycles. The maximum Gasteiger partial charge on any atom is 0.503 e. The molecule has 0 aliphatic carbocycles. The lowest BCUT2D eigenvalue weighted by Crippen LogP contribution is -2.31. The molecule has 174 valence electrons. The molecule has 0 radical (unpaired) electrons. The van der Waals surface area contributed by atoms with Gasteiger partial charge in [0.15, 0.2) is 5.96 Å². The molecule has 7 N–H and O–H groups in total. The Morgan fingerprint density at radius 3 is 2.06 bits per heavy atom. The smallest absolute Gasteiger partial charge is 0.450 e. The Balaban J connectivity index is 0.00000118. The van der Waals surface area contributed by atoms with Crippen molar-refractivity contribution in [2.45, 2.75) is 4.90 Å². The first-order valence-electron chi connectivity index (χ1n) is 9.00. The van der Waals surface area contributed by atoms with Crippen LogP contribution in [0.25, 0.3) is 0 Å². The van der Waals surface area contributed by atoms with Crippen LogP contribution in [0.4, 0.5) is 10.5 Å². The van der Waals surface area contributed by atoms with Gasteiger partial charge in [0, 0.05) is 18.8 Å². The largest absolute Gasteiger partial charge is 0.503 e. The number of sulfonamides is 1. The van der Waals surface area contributed by atoms with E-state index in [1.54, 1.807) is 12.1 Å². The molecule has 32 heavy (non-hydrogen) atoms. The van der Waals surface area contributed by atoms with E-state index in [-0.39, 0.29) is 16.6 Å². The van der Waals surface area contributed by atoms with Gasteiger partial charge in [0.1, 0.15) is 5.75 Å². The fourth-order valence-corrected chi connectivity index (χ4v) is 3.21. The van der Waals surface area contributed by atoms with E-state index in [0.29, 0.717) is 24.3 Å². The van der Waals surface area contributed by atoms with Gasteiger partial charge in [0.05, 0.1) is 10.5 Å². The summed E-state index contributed by atoms with van der Waals surface area (Å²) in [5.41, 5.74) is 6.11.